The van der Waals surface area contributed by atoms with Crippen molar-refractivity contribution in [3.8, 4) is 5.75 Å². The van der Waals surface area contributed by atoms with Crippen LogP contribution in [0.4, 0.5) is 0 Å². The van der Waals surface area contributed by atoms with Gasteiger partial charge in [-0.15, -0.1) is 11.3 Å². The second-order valence-electron chi connectivity index (χ2n) is 6.59. The molecule has 1 amide bonds. The molecule has 132 valence electrons. The Kier molecular flexibility index (Phi) is 5.08. The van der Waals surface area contributed by atoms with E-state index in [1.165, 1.54) is 0 Å². The summed E-state index contributed by atoms with van der Waals surface area (Å²) in [5.41, 5.74) is -0.348. The molecule has 0 saturated carbocycles. The van der Waals surface area contributed by atoms with Crippen molar-refractivity contribution in [2.75, 3.05) is 13.1 Å². The van der Waals surface area contributed by atoms with Crippen LogP contribution in [0.1, 0.15) is 35.0 Å². The molecule has 2 heterocycles. The standard InChI is InChI=1S/C19H21NO4S/c1-19(18(22)23)8-4-9-20(13-19)17(21)14-5-2-6-15(11-14)24-12-16-7-3-10-25-16/h2-3,5-7,10-11H,4,8-9,12-13H2,1H3,(H,22,23). The van der Waals surface area contributed by atoms with Gasteiger partial charge in [0.2, 0.25) is 0 Å². The summed E-state index contributed by atoms with van der Waals surface area (Å²) in [4.78, 5) is 27.0. The Balaban J connectivity index is 1.69. The number of rotatable bonds is 5. The number of amides is 1. The number of thiophene rings is 1. The van der Waals surface area contributed by atoms with Gasteiger partial charge in [0.25, 0.3) is 5.91 Å². The molecule has 0 radical (unpaired) electrons. The zero-order valence-electron chi connectivity index (χ0n) is 14.1. The van der Waals surface area contributed by atoms with Crippen molar-refractivity contribution in [3.63, 3.8) is 0 Å². The first kappa shape index (κ1) is 17.5. The summed E-state index contributed by atoms with van der Waals surface area (Å²) in [5, 5.41) is 11.4. The number of hydrogen-bond donors (Lipinski definition) is 1. The van der Waals surface area contributed by atoms with Crippen LogP contribution in [-0.2, 0) is 11.4 Å². The van der Waals surface area contributed by atoms with Gasteiger partial charge in [-0.2, -0.15) is 0 Å². The van der Waals surface area contributed by atoms with Crippen molar-refractivity contribution in [1.82, 2.24) is 4.90 Å². The Bertz CT molecular complexity index is 759. The summed E-state index contributed by atoms with van der Waals surface area (Å²) >= 11 is 1.62. The maximum atomic E-state index is 12.8. The van der Waals surface area contributed by atoms with Gasteiger partial charge in [0.15, 0.2) is 0 Å². The Morgan fingerprint density at radius 2 is 2.16 bits per heavy atom. The molecule has 25 heavy (non-hydrogen) atoms. The Morgan fingerprint density at radius 3 is 2.88 bits per heavy atom. The SMILES string of the molecule is CC1(C(=O)O)CCCN(C(=O)c2cccc(OCc3cccs3)c2)C1. The van der Waals surface area contributed by atoms with E-state index in [-0.39, 0.29) is 12.5 Å². The van der Waals surface area contributed by atoms with Crippen molar-refractivity contribution in [3.05, 3.63) is 52.2 Å². The van der Waals surface area contributed by atoms with Crippen LogP contribution >= 0.6 is 11.3 Å². The van der Waals surface area contributed by atoms with Crippen molar-refractivity contribution in [2.24, 2.45) is 5.41 Å². The van der Waals surface area contributed by atoms with Crippen LogP contribution in [0.2, 0.25) is 0 Å². The second-order valence-corrected chi connectivity index (χ2v) is 7.62. The number of hydrogen-bond acceptors (Lipinski definition) is 4. The highest BCUT2D eigenvalue weighted by molar-refractivity contribution is 7.09. The zero-order valence-corrected chi connectivity index (χ0v) is 14.9. The number of carboxylic acids is 1. The third-order valence-corrected chi connectivity index (χ3v) is 5.39. The number of ether oxygens (including phenoxy) is 1. The number of likely N-dealkylation sites (tertiary alicyclic amines) is 1. The molecule has 1 saturated heterocycles. The first-order chi connectivity index (χ1) is 12.0. The molecule has 1 aliphatic rings. The molecular weight excluding hydrogens is 338 g/mol. The molecule has 1 aromatic carbocycles. The van der Waals surface area contributed by atoms with Crippen LogP contribution in [0, 0.1) is 5.41 Å². The van der Waals surface area contributed by atoms with E-state index in [1.807, 2.05) is 23.6 Å². The fourth-order valence-corrected chi connectivity index (χ4v) is 3.65. The average Bonchev–Trinajstić information content (AvgIpc) is 3.13. The lowest BCUT2D eigenvalue weighted by Gasteiger charge is -2.37. The number of benzene rings is 1. The quantitative estimate of drug-likeness (QED) is 0.885. The fourth-order valence-electron chi connectivity index (χ4n) is 3.04. The molecule has 3 rings (SSSR count). The van der Waals surface area contributed by atoms with Gasteiger partial charge in [-0.25, -0.2) is 0 Å². The van der Waals surface area contributed by atoms with Gasteiger partial charge < -0.3 is 14.7 Å². The number of carboxylic acid groups (broad SMARTS) is 1. The molecule has 6 heteroatoms. The van der Waals surface area contributed by atoms with Gasteiger partial charge in [-0.3, -0.25) is 9.59 Å². The van der Waals surface area contributed by atoms with E-state index in [2.05, 4.69) is 0 Å². The predicted molar refractivity (Wildman–Crippen MR) is 96.0 cm³/mol. The van der Waals surface area contributed by atoms with Crippen molar-refractivity contribution < 1.29 is 19.4 Å². The molecule has 1 N–H and O–H groups in total. The van der Waals surface area contributed by atoms with Crippen LogP contribution in [-0.4, -0.2) is 35.0 Å². The molecular formula is C19H21NO4S. The highest BCUT2D eigenvalue weighted by Crippen LogP contribution is 2.30. The molecule has 1 unspecified atom stereocenters. The van der Waals surface area contributed by atoms with Crippen LogP contribution in [0.25, 0.3) is 0 Å². The van der Waals surface area contributed by atoms with Crippen molar-refractivity contribution in [1.29, 1.82) is 0 Å². The van der Waals surface area contributed by atoms with Gasteiger partial charge in [0, 0.05) is 23.5 Å². The first-order valence-electron chi connectivity index (χ1n) is 8.26. The molecule has 1 aliphatic heterocycles. The first-order valence-corrected chi connectivity index (χ1v) is 9.14. The monoisotopic (exact) mass is 359 g/mol. The van der Waals surface area contributed by atoms with Crippen LogP contribution in [0.3, 0.4) is 0 Å². The van der Waals surface area contributed by atoms with Gasteiger partial charge in [-0.05, 0) is 49.4 Å². The number of carbonyl (C=O) groups excluding carboxylic acids is 1. The highest BCUT2D eigenvalue weighted by atomic mass is 32.1. The molecule has 1 atom stereocenters. The molecule has 2 aromatic rings. The Hall–Kier alpha value is -2.34. The lowest BCUT2D eigenvalue weighted by Crippen LogP contribution is -2.48. The van der Waals surface area contributed by atoms with E-state index in [1.54, 1.807) is 41.4 Å². The van der Waals surface area contributed by atoms with E-state index in [9.17, 15) is 14.7 Å². The number of nitrogens with zero attached hydrogens (tertiary/aromatic N) is 1. The molecule has 0 spiro atoms. The largest absolute Gasteiger partial charge is 0.488 e. The van der Waals surface area contributed by atoms with E-state index in [0.717, 1.165) is 4.88 Å². The minimum Gasteiger partial charge on any atom is -0.488 e. The Morgan fingerprint density at radius 1 is 1.32 bits per heavy atom. The van der Waals surface area contributed by atoms with Gasteiger partial charge in [-0.1, -0.05) is 12.1 Å². The van der Waals surface area contributed by atoms with Crippen LogP contribution in [0.15, 0.2) is 41.8 Å². The normalized spacial score (nSPS) is 20.3. The predicted octanol–water partition coefficient (Wildman–Crippen LogP) is 3.65. The number of aliphatic carboxylic acids is 1. The Labute approximate surface area is 150 Å². The van der Waals surface area contributed by atoms with Gasteiger partial charge >= 0.3 is 5.97 Å². The van der Waals surface area contributed by atoms with E-state index < -0.39 is 11.4 Å². The minimum absolute atomic E-state index is 0.145. The third-order valence-electron chi connectivity index (χ3n) is 4.54. The van der Waals surface area contributed by atoms with Gasteiger partial charge in [0.1, 0.15) is 12.4 Å². The summed E-state index contributed by atoms with van der Waals surface area (Å²) < 4.78 is 5.75. The van der Waals surface area contributed by atoms with Crippen molar-refractivity contribution >= 4 is 23.2 Å². The number of piperidine rings is 1. The number of carbonyl (C=O) groups is 2. The summed E-state index contributed by atoms with van der Waals surface area (Å²) in [7, 11) is 0. The van der Waals surface area contributed by atoms with E-state index >= 15 is 0 Å². The summed E-state index contributed by atoms with van der Waals surface area (Å²) in [6.07, 6.45) is 1.29. The average molecular weight is 359 g/mol. The van der Waals surface area contributed by atoms with E-state index in [0.29, 0.717) is 37.3 Å². The fraction of sp³-hybridized carbons (Fsp3) is 0.368. The summed E-state index contributed by atoms with van der Waals surface area (Å²) in [5.74, 6) is -0.357. The molecule has 0 bridgehead atoms. The molecule has 1 fully saturated rings. The lowest BCUT2D eigenvalue weighted by molar-refractivity contribution is -0.150. The maximum absolute atomic E-state index is 12.8. The maximum Gasteiger partial charge on any atom is 0.311 e. The molecule has 0 aliphatic carbocycles. The topological polar surface area (TPSA) is 66.8 Å². The smallest absolute Gasteiger partial charge is 0.311 e. The minimum atomic E-state index is -0.874. The van der Waals surface area contributed by atoms with Crippen LogP contribution < -0.4 is 4.74 Å². The molecule has 5 nitrogen and oxygen atoms in total. The van der Waals surface area contributed by atoms with E-state index in [4.69, 9.17) is 4.74 Å². The van der Waals surface area contributed by atoms with Crippen molar-refractivity contribution in [2.45, 2.75) is 26.4 Å². The molecule has 1 aromatic heterocycles. The summed E-state index contributed by atoms with van der Waals surface area (Å²) in [6, 6.07) is 11.0. The van der Waals surface area contributed by atoms with Crippen LogP contribution in [0.5, 0.6) is 5.75 Å². The highest BCUT2D eigenvalue weighted by Gasteiger charge is 2.39. The zero-order chi connectivity index (χ0) is 17.9. The second kappa shape index (κ2) is 7.27. The lowest BCUT2D eigenvalue weighted by atomic mass is 9.82. The summed E-state index contributed by atoms with van der Waals surface area (Å²) in [6.45, 7) is 2.99. The third kappa shape index (κ3) is 4.02. The van der Waals surface area contributed by atoms with Gasteiger partial charge in [0.05, 0.1) is 5.41 Å².